The van der Waals surface area contributed by atoms with E-state index in [0.717, 1.165) is 29.9 Å². The molecule has 0 aliphatic heterocycles. The van der Waals surface area contributed by atoms with Gasteiger partial charge in [-0.15, -0.1) is 11.6 Å². The number of esters is 1. The number of carbonyl (C=O) groups is 1. The summed E-state index contributed by atoms with van der Waals surface area (Å²) in [7, 11) is 0. The van der Waals surface area contributed by atoms with Gasteiger partial charge in [-0.25, -0.2) is 0 Å². The van der Waals surface area contributed by atoms with Gasteiger partial charge in [0.05, 0.1) is 6.61 Å². The third-order valence-corrected chi connectivity index (χ3v) is 7.77. The summed E-state index contributed by atoms with van der Waals surface area (Å²) >= 11 is 6.08. The van der Waals surface area contributed by atoms with Gasteiger partial charge in [-0.2, -0.15) is 0 Å². The van der Waals surface area contributed by atoms with Crippen LogP contribution in [0.5, 0.6) is 11.5 Å². The van der Waals surface area contributed by atoms with Crippen molar-refractivity contribution in [1.29, 1.82) is 0 Å². The lowest BCUT2D eigenvalue weighted by atomic mass is 10.0. The monoisotopic (exact) mass is 542 g/mol. The van der Waals surface area contributed by atoms with Gasteiger partial charge in [-0.05, 0) is 47.7 Å². The molecule has 38 heavy (non-hydrogen) atoms. The average Bonchev–Trinajstić information content (AvgIpc) is 2.93. The maximum Gasteiger partial charge on any atom is 0.329 e. The van der Waals surface area contributed by atoms with E-state index in [1.807, 2.05) is 38.1 Å². The van der Waals surface area contributed by atoms with Crippen molar-refractivity contribution in [3.63, 3.8) is 0 Å². The number of rotatable bonds is 21. The standard InChI is InChI=1S/C34H51ClO3/c1-4-5-6-7-8-9-10-11-12-13-14-15-16-17-18-27-37-31-23-19-29(20-24-31)30-21-25-32(26-22-30)38-34(36)33(35)28(2)3/h19-26,28,33H,4-18,27H2,1-3H3. The Hall–Kier alpha value is -2.00. The molecule has 1 unspecified atom stereocenters. The molecule has 2 aromatic carbocycles. The van der Waals surface area contributed by atoms with Gasteiger partial charge in [-0.1, -0.05) is 135 Å². The molecule has 0 aliphatic carbocycles. The number of ether oxygens (including phenoxy) is 2. The number of carbonyl (C=O) groups excluding carboxylic acids is 1. The molecule has 3 nitrogen and oxygen atoms in total. The van der Waals surface area contributed by atoms with E-state index in [9.17, 15) is 4.79 Å². The summed E-state index contributed by atoms with van der Waals surface area (Å²) < 4.78 is 11.3. The van der Waals surface area contributed by atoms with E-state index < -0.39 is 11.3 Å². The van der Waals surface area contributed by atoms with Crippen LogP contribution in [0, 0.1) is 5.92 Å². The molecule has 0 saturated carbocycles. The van der Waals surface area contributed by atoms with Crippen LogP contribution in [-0.2, 0) is 4.79 Å². The smallest absolute Gasteiger partial charge is 0.329 e. The minimum Gasteiger partial charge on any atom is -0.494 e. The second-order valence-electron chi connectivity index (χ2n) is 10.9. The minimum atomic E-state index is -0.642. The van der Waals surface area contributed by atoms with Gasteiger partial charge in [0.2, 0.25) is 0 Å². The Labute approximate surface area is 237 Å². The molecule has 0 radical (unpaired) electrons. The second kappa shape index (κ2) is 20.0. The van der Waals surface area contributed by atoms with E-state index in [-0.39, 0.29) is 5.92 Å². The molecule has 0 N–H and O–H groups in total. The van der Waals surface area contributed by atoms with Crippen molar-refractivity contribution in [2.75, 3.05) is 6.61 Å². The van der Waals surface area contributed by atoms with Gasteiger partial charge in [0.1, 0.15) is 16.9 Å². The molecular weight excluding hydrogens is 492 g/mol. The van der Waals surface area contributed by atoms with Crippen molar-refractivity contribution >= 4 is 17.6 Å². The zero-order chi connectivity index (χ0) is 27.4. The predicted molar refractivity (Wildman–Crippen MR) is 162 cm³/mol. The molecule has 0 aromatic heterocycles. The number of halogens is 1. The van der Waals surface area contributed by atoms with E-state index in [1.54, 1.807) is 12.1 Å². The lowest BCUT2D eigenvalue weighted by Crippen LogP contribution is -2.25. The Morgan fingerprint density at radius 3 is 1.45 bits per heavy atom. The van der Waals surface area contributed by atoms with Crippen LogP contribution in [0.4, 0.5) is 0 Å². The van der Waals surface area contributed by atoms with Crippen LogP contribution in [0.15, 0.2) is 48.5 Å². The predicted octanol–water partition coefficient (Wildman–Crippen LogP) is 10.8. The second-order valence-corrected chi connectivity index (χ2v) is 11.4. The number of unbranched alkanes of at least 4 members (excludes halogenated alkanes) is 14. The minimum absolute atomic E-state index is 0.0309. The highest BCUT2D eigenvalue weighted by molar-refractivity contribution is 6.30. The molecule has 0 amide bonds. The van der Waals surface area contributed by atoms with Crippen LogP contribution in [0.1, 0.15) is 117 Å². The maximum absolute atomic E-state index is 12.0. The summed E-state index contributed by atoms with van der Waals surface area (Å²) in [6, 6.07) is 15.7. The summed E-state index contributed by atoms with van der Waals surface area (Å²) in [5, 5.41) is -0.642. The van der Waals surface area contributed by atoms with Crippen LogP contribution in [0.3, 0.4) is 0 Å². The molecule has 0 fully saturated rings. The number of benzene rings is 2. The molecule has 2 rings (SSSR count). The molecule has 4 heteroatoms. The van der Waals surface area contributed by atoms with Crippen molar-refractivity contribution in [2.24, 2.45) is 5.92 Å². The average molecular weight is 543 g/mol. The molecule has 1 atom stereocenters. The first-order chi connectivity index (χ1) is 18.5. The van der Waals surface area contributed by atoms with Gasteiger partial charge < -0.3 is 9.47 Å². The highest BCUT2D eigenvalue weighted by atomic mass is 35.5. The SMILES string of the molecule is CCCCCCCCCCCCCCCCCOc1ccc(-c2ccc(OC(=O)C(Cl)C(C)C)cc2)cc1. The van der Waals surface area contributed by atoms with Gasteiger partial charge in [0.25, 0.3) is 0 Å². The van der Waals surface area contributed by atoms with E-state index >= 15 is 0 Å². The molecule has 212 valence electrons. The Bertz CT molecular complexity index is 860. The Morgan fingerprint density at radius 2 is 1.03 bits per heavy atom. The Morgan fingerprint density at radius 1 is 0.632 bits per heavy atom. The third kappa shape index (κ3) is 13.7. The van der Waals surface area contributed by atoms with E-state index in [0.29, 0.717) is 5.75 Å². The normalized spacial score (nSPS) is 12.0. The molecule has 0 spiro atoms. The fourth-order valence-corrected chi connectivity index (χ4v) is 4.61. The first-order valence-corrected chi connectivity index (χ1v) is 15.6. The zero-order valence-electron chi connectivity index (χ0n) is 24.2. The number of hydrogen-bond donors (Lipinski definition) is 0. The molecule has 0 aliphatic rings. The topological polar surface area (TPSA) is 35.5 Å². The fraction of sp³-hybridized carbons (Fsp3) is 0.618. The largest absolute Gasteiger partial charge is 0.494 e. The van der Waals surface area contributed by atoms with Crippen molar-refractivity contribution in [1.82, 2.24) is 0 Å². The number of alkyl halides is 1. The molecular formula is C34H51ClO3. The Balaban J connectivity index is 1.51. The molecule has 0 saturated heterocycles. The maximum atomic E-state index is 12.0. The van der Waals surface area contributed by atoms with Crippen molar-refractivity contribution in [2.45, 2.75) is 122 Å². The van der Waals surface area contributed by atoms with Crippen molar-refractivity contribution in [3.05, 3.63) is 48.5 Å². The quantitative estimate of drug-likeness (QED) is 0.0680. The van der Waals surface area contributed by atoms with Gasteiger partial charge >= 0.3 is 5.97 Å². The zero-order valence-corrected chi connectivity index (χ0v) is 24.9. The van der Waals surface area contributed by atoms with Crippen LogP contribution >= 0.6 is 11.6 Å². The molecule has 0 heterocycles. The summed E-state index contributed by atoms with van der Waals surface area (Å²) in [5.41, 5.74) is 2.16. The summed E-state index contributed by atoms with van der Waals surface area (Å²) in [6.45, 7) is 6.85. The van der Waals surface area contributed by atoms with Crippen LogP contribution < -0.4 is 9.47 Å². The fourth-order valence-electron chi connectivity index (χ4n) is 4.57. The molecule has 0 bridgehead atoms. The number of hydrogen-bond acceptors (Lipinski definition) is 3. The third-order valence-electron chi connectivity index (χ3n) is 7.09. The first-order valence-electron chi connectivity index (χ1n) is 15.2. The van der Waals surface area contributed by atoms with Crippen LogP contribution in [0.25, 0.3) is 11.1 Å². The summed E-state index contributed by atoms with van der Waals surface area (Å²) in [4.78, 5) is 12.0. The van der Waals surface area contributed by atoms with Crippen molar-refractivity contribution < 1.29 is 14.3 Å². The lowest BCUT2D eigenvalue weighted by molar-refractivity contribution is -0.134. The van der Waals surface area contributed by atoms with E-state index in [2.05, 4.69) is 19.1 Å². The summed E-state index contributed by atoms with van der Waals surface area (Å²) in [5.74, 6) is 1.04. The summed E-state index contributed by atoms with van der Waals surface area (Å²) in [6.07, 6.45) is 20.6. The van der Waals surface area contributed by atoms with E-state index in [1.165, 1.54) is 89.9 Å². The highest BCUT2D eigenvalue weighted by Crippen LogP contribution is 2.25. The van der Waals surface area contributed by atoms with Crippen LogP contribution in [0.2, 0.25) is 0 Å². The van der Waals surface area contributed by atoms with E-state index in [4.69, 9.17) is 21.1 Å². The van der Waals surface area contributed by atoms with Gasteiger partial charge in [0.15, 0.2) is 0 Å². The highest BCUT2D eigenvalue weighted by Gasteiger charge is 2.21. The Kier molecular flexibility index (Phi) is 16.9. The van der Waals surface area contributed by atoms with Crippen molar-refractivity contribution in [3.8, 4) is 22.6 Å². The first kappa shape index (κ1) is 32.2. The van der Waals surface area contributed by atoms with Crippen LogP contribution in [-0.4, -0.2) is 18.0 Å². The van der Waals surface area contributed by atoms with Gasteiger partial charge in [-0.3, -0.25) is 4.79 Å². The molecule has 2 aromatic rings. The van der Waals surface area contributed by atoms with Gasteiger partial charge in [0, 0.05) is 0 Å². The lowest BCUT2D eigenvalue weighted by Gasteiger charge is -2.12.